The number of esters is 1. The van der Waals surface area contributed by atoms with Gasteiger partial charge in [0.05, 0.1) is 24.6 Å². The Kier molecular flexibility index (Phi) is 6.12. The zero-order valence-corrected chi connectivity index (χ0v) is 17.1. The molecule has 1 aromatic heterocycles. The smallest absolute Gasteiger partial charge is 0.344 e. The van der Waals surface area contributed by atoms with Crippen molar-refractivity contribution >= 4 is 17.6 Å². The van der Waals surface area contributed by atoms with E-state index < -0.39 is 12.0 Å². The number of nitrogens with zero attached hydrogens (tertiary/aromatic N) is 2. The van der Waals surface area contributed by atoms with Gasteiger partial charge < -0.3 is 13.9 Å². The average molecular weight is 418 g/mol. The number of carbonyl (C=O) groups excluding carboxylic acids is 2. The summed E-state index contributed by atoms with van der Waals surface area (Å²) in [6, 6.07) is 19.9. The summed E-state index contributed by atoms with van der Waals surface area (Å²) in [6.07, 6.45) is 1.95. The van der Waals surface area contributed by atoms with Gasteiger partial charge in [-0.2, -0.15) is 5.10 Å². The molecule has 1 amide bonds. The molecule has 3 aromatic rings. The van der Waals surface area contributed by atoms with Gasteiger partial charge in [-0.1, -0.05) is 48.5 Å². The van der Waals surface area contributed by atoms with Crippen molar-refractivity contribution in [3.05, 3.63) is 89.9 Å². The van der Waals surface area contributed by atoms with Crippen molar-refractivity contribution in [2.24, 2.45) is 5.10 Å². The first-order chi connectivity index (χ1) is 15.2. The van der Waals surface area contributed by atoms with E-state index in [9.17, 15) is 9.59 Å². The van der Waals surface area contributed by atoms with E-state index in [-0.39, 0.29) is 24.9 Å². The molecule has 0 aliphatic carbocycles. The predicted octanol–water partition coefficient (Wildman–Crippen LogP) is 4.21. The van der Waals surface area contributed by atoms with Crippen LogP contribution in [-0.4, -0.2) is 35.8 Å². The average Bonchev–Trinajstić information content (AvgIpc) is 3.49. The molecule has 1 atom stereocenters. The Morgan fingerprint density at radius 2 is 1.84 bits per heavy atom. The van der Waals surface area contributed by atoms with Gasteiger partial charge in [0.2, 0.25) is 0 Å². The largest absolute Gasteiger partial charge is 0.482 e. The quantitative estimate of drug-likeness (QED) is 0.537. The maximum absolute atomic E-state index is 13.1. The molecule has 2 aromatic carbocycles. The molecule has 0 N–H and O–H groups in total. The minimum atomic E-state index is -0.450. The van der Waals surface area contributed by atoms with Crippen molar-refractivity contribution in [1.82, 2.24) is 5.01 Å². The van der Waals surface area contributed by atoms with Crippen molar-refractivity contribution in [1.29, 1.82) is 0 Å². The SMILES string of the molecule is CCOC(=O)COc1ccccc1C1CC(c2ccccc2)=NN1C(=O)c1ccco1. The molecule has 2 heterocycles. The van der Waals surface area contributed by atoms with Crippen molar-refractivity contribution in [2.75, 3.05) is 13.2 Å². The summed E-state index contributed by atoms with van der Waals surface area (Å²) in [4.78, 5) is 24.9. The Balaban J connectivity index is 1.66. The monoisotopic (exact) mass is 418 g/mol. The predicted molar refractivity (Wildman–Crippen MR) is 114 cm³/mol. The zero-order valence-electron chi connectivity index (χ0n) is 17.1. The van der Waals surface area contributed by atoms with E-state index >= 15 is 0 Å². The number of para-hydroxylation sites is 1. The molecule has 7 nitrogen and oxygen atoms in total. The third-order valence-corrected chi connectivity index (χ3v) is 4.89. The number of furan rings is 1. The molecule has 1 aliphatic heterocycles. The second-order valence-corrected chi connectivity index (χ2v) is 6.89. The Morgan fingerprint density at radius 1 is 1.06 bits per heavy atom. The van der Waals surface area contributed by atoms with Crippen molar-refractivity contribution < 1.29 is 23.5 Å². The molecule has 0 radical (unpaired) electrons. The number of hydrazone groups is 1. The van der Waals surface area contributed by atoms with Gasteiger partial charge >= 0.3 is 11.9 Å². The lowest BCUT2D eigenvalue weighted by Gasteiger charge is -2.23. The van der Waals surface area contributed by atoms with Crippen LogP contribution in [0.2, 0.25) is 0 Å². The van der Waals surface area contributed by atoms with Crippen LogP contribution in [0.1, 0.15) is 41.1 Å². The number of ether oxygens (including phenoxy) is 2. The summed E-state index contributed by atoms with van der Waals surface area (Å²) in [6.45, 7) is 1.81. The van der Waals surface area contributed by atoms with Gasteiger partial charge in [-0.3, -0.25) is 4.79 Å². The summed E-state index contributed by atoms with van der Waals surface area (Å²) in [5, 5.41) is 6.06. The molecule has 4 rings (SSSR count). The molecule has 0 saturated carbocycles. The van der Waals surface area contributed by atoms with E-state index in [4.69, 9.17) is 13.9 Å². The lowest BCUT2D eigenvalue weighted by Crippen LogP contribution is -2.27. The number of rotatable bonds is 7. The number of hydrogen-bond acceptors (Lipinski definition) is 6. The number of amides is 1. The highest BCUT2D eigenvalue weighted by molar-refractivity contribution is 6.04. The summed E-state index contributed by atoms with van der Waals surface area (Å²) in [7, 11) is 0. The molecular weight excluding hydrogens is 396 g/mol. The van der Waals surface area contributed by atoms with E-state index in [1.54, 1.807) is 25.1 Å². The van der Waals surface area contributed by atoms with Crippen molar-refractivity contribution in [3.8, 4) is 5.75 Å². The van der Waals surface area contributed by atoms with Gasteiger partial charge in [0.15, 0.2) is 12.4 Å². The maximum atomic E-state index is 13.1. The number of benzene rings is 2. The number of carbonyl (C=O) groups is 2. The highest BCUT2D eigenvalue weighted by Crippen LogP contribution is 2.38. The zero-order chi connectivity index (χ0) is 21.6. The summed E-state index contributed by atoms with van der Waals surface area (Å²) >= 11 is 0. The van der Waals surface area contributed by atoms with Crippen LogP contribution in [0, 0.1) is 0 Å². The topological polar surface area (TPSA) is 81.3 Å². The molecule has 7 heteroatoms. The Bertz CT molecular complexity index is 1080. The molecule has 1 unspecified atom stereocenters. The summed E-state index contributed by atoms with van der Waals surface area (Å²) in [5.41, 5.74) is 2.47. The first-order valence-electron chi connectivity index (χ1n) is 10.0. The van der Waals surface area contributed by atoms with Crippen LogP contribution >= 0.6 is 0 Å². The second kappa shape index (κ2) is 9.30. The highest BCUT2D eigenvalue weighted by atomic mass is 16.6. The van der Waals surface area contributed by atoms with Crippen LogP contribution in [-0.2, 0) is 9.53 Å². The molecule has 158 valence electrons. The Morgan fingerprint density at radius 3 is 2.58 bits per heavy atom. The lowest BCUT2D eigenvalue weighted by atomic mass is 9.97. The van der Waals surface area contributed by atoms with Gasteiger partial charge in [0.25, 0.3) is 0 Å². The van der Waals surface area contributed by atoms with Crippen molar-refractivity contribution in [3.63, 3.8) is 0 Å². The maximum Gasteiger partial charge on any atom is 0.344 e. The minimum absolute atomic E-state index is 0.202. The normalized spacial score (nSPS) is 15.5. The summed E-state index contributed by atoms with van der Waals surface area (Å²) < 4.78 is 16.0. The third-order valence-electron chi connectivity index (χ3n) is 4.89. The molecule has 0 bridgehead atoms. The fourth-order valence-corrected chi connectivity index (χ4v) is 3.48. The van der Waals surface area contributed by atoms with Crippen LogP contribution in [0.4, 0.5) is 0 Å². The first-order valence-corrected chi connectivity index (χ1v) is 10.0. The molecular formula is C24H22N2O5. The lowest BCUT2D eigenvalue weighted by molar-refractivity contribution is -0.145. The standard InChI is InChI=1S/C24H22N2O5/c1-2-29-23(27)16-31-21-12-7-6-11-18(21)20-15-19(17-9-4-3-5-10-17)25-26(20)24(28)22-13-8-14-30-22/h3-14,20H,2,15-16H2,1H3. The van der Waals surface area contributed by atoms with E-state index in [1.165, 1.54) is 11.3 Å². The number of hydrogen-bond donors (Lipinski definition) is 0. The van der Waals surface area contributed by atoms with Gasteiger partial charge in [-0.25, -0.2) is 9.80 Å². The molecule has 0 saturated heterocycles. The van der Waals surface area contributed by atoms with Crippen LogP contribution in [0.3, 0.4) is 0 Å². The molecule has 0 fully saturated rings. The Labute approximate surface area is 179 Å². The van der Waals surface area contributed by atoms with E-state index in [0.29, 0.717) is 12.2 Å². The minimum Gasteiger partial charge on any atom is -0.482 e. The second-order valence-electron chi connectivity index (χ2n) is 6.89. The fourth-order valence-electron chi connectivity index (χ4n) is 3.48. The van der Waals surface area contributed by atoms with Crippen LogP contribution in [0.15, 0.2) is 82.5 Å². The summed E-state index contributed by atoms with van der Waals surface area (Å²) in [5.74, 6) is -0.0927. The third kappa shape index (κ3) is 4.50. The van der Waals surface area contributed by atoms with Gasteiger partial charge in [0, 0.05) is 12.0 Å². The van der Waals surface area contributed by atoms with Crippen LogP contribution in [0.25, 0.3) is 0 Å². The molecule has 0 spiro atoms. The van der Waals surface area contributed by atoms with Gasteiger partial charge in [-0.15, -0.1) is 0 Å². The fraction of sp³-hybridized carbons (Fsp3) is 0.208. The molecule has 1 aliphatic rings. The first kappa shape index (κ1) is 20.4. The van der Waals surface area contributed by atoms with Gasteiger partial charge in [-0.05, 0) is 30.7 Å². The van der Waals surface area contributed by atoms with E-state index in [0.717, 1.165) is 16.8 Å². The van der Waals surface area contributed by atoms with Crippen molar-refractivity contribution in [2.45, 2.75) is 19.4 Å². The highest BCUT2D eigenvalue weighted by Gasteiger charge is 2.36. The molecule has 31 heavy (non-hydrogen) atoms. The van der Waals surface area contributed by atoms with E-state index in [1.807, 2.05) is 48.5 Å². The Hall–Kier alpha value is -3.87. The van der Waals surface area contributed by atoms with E-state index in [2.05, 4.69) is 5.10 Å². The van der Waals surface area contributed by atoms with Crippen LogP contribution < -0.4 is 4.74 Å². The van der Waals surface area contributed by atoms with Gasteiger partial charge in [0.1, 0.15) is 5.75 Å². The van der Waals surface area contributed by atoms with Crippen LogP contribution in [0.5, 0.6) is 5.75 Å².